The van der Waals surface area contributed by atoms with Gasteiger partial charge >= 0.3 is 0 Å². The van der Waals surface area contributed by atoms with Gasteiger partial charge in [-0.15, -0.1) is 0 Å². The Bertz CT molecular complexity index is 484. The second-order valence-electron chi connectivity index (χ2n) is 5.18. The summed E-state index contributed by atoms with van der Waals surface area (Å²) in [5.41, 5.74) is 1.07. The normalized spacial score (nSPS) is 31.8. The fourth-order valence-corrected chi connectivity index (χ4v) is 5.06. The minimum atomic E-state index is -3.02. The zero-order chi connectivity index (χ0) is 13.2. The molecule has 1 saturated heterocycles. The molecule has 0 spiro atoms. The highest BCUT2D eigenvalue weighted by molar-refractivity contribution is 7.92. The second-order valence-corrected chi connectivity index (χ2v) is 7.44. The van der Waals surface area contributed by atoms with Crippen LogP contribution >= 0.6 is 0 Å². The Labute approximate surface area is 110 Å². The Balaban J connectivity index is 2.39. The van der Waals surface area contributed by atoms with E-state index in [0.717, 1.165) is 12.1 Å². The van der Waals surface area contributed by atoms with E-state index in [2.05, 4.69) is 5.32 Å². The summed E-state index contributed by atoms with van der Waals surface area (Å²) in [5, 5.41) is 3.11. The van der Waals surface area contributed by atoms with Crippen molar-refractivity contribution in [1.82, 2.24) is 5.32 Å². The van der Waals surface area contributed by atoms with Crippen LogP contribution in [0.5, 0.6) is 0 Å². The molecule has 1 aliphatic rings. The van der Waals surface area contributed by atoms with Crippen LogP contribution in [0, 0.1) is 5.92 Å². The first-order chi connectivity index (χ1) is 8.54. The van der Waals surface area contributed by atoms with Crippen molar-refractivity contribution >= 4 is 9.84 Å². The largest absolute Gasteiger partial charge is 0.309 e. The summed E-state index contributed by atoms with van der Waals surface area (Å²) in [6.45, 7) is 4.70. The Kier molecular flexibility index (Phi) is 4.07. The summed E-state index contributed by atoms with van der Waals surface area (Å²) in [4.78, 5) is 0. The van der Waals surface area contributed by atoms with Crippen molar-refractivity contribution in [2.45, 2.75) is 31.6 Å². The maximum Gasteiger partial charge on any atom is 0.155 e. The average Bonchev–Trinajstić information content (AvgIpc) is 2.45. The zero-order valence-electron chi connectivity index (χ0n) is 11.0. The monoisotopic (exact) mass is 267 g/mol. The predicted molar refractivity (Wildman–Crippen MR) is 74.2 cm³/mol. The molecule has 1 heterocycles. The van der Waals surface area contributed by atoms with Crippen LogP contribution in [-0.2, 0) is 9.84 Å². The third-order valence-electron chi connectivity index (χ3n) is 3.60. The van der Waals surface area contributed by atoms with E-state index >= 15 is 0 Å². The first kappa shape index (κ1) is 13.6. The molecule has 0 radical (unpaired) electrons. The third-order valence-corrected chi connectivity index (χ3v) is 6.16. The molecule has 0 aliphatic carbocycles. The maximum absolute atomic E-state index is 12.4. The van der Waals surface area contributed by atoms with Gasteiger partial charge in [-0.2, -0.15) is 0 Å². The molecule has 1 aromatic carbocycles. The van der Waals surface area contributed by atoms with Crippen molar-refractivity contribution < 1.29 is 8.42 Å². The predicted octanol–water partition coefficient (Wildman–Crippen LogP) is 2.16. The fraction of sp³-hybridized carbons (Fsp3) is 0.571. The van der Waals surface area contributed by atoms with E-state index in [-0.39, 0.29) is 17.2 Å². The number of hydrogen-bond acceptors (Lipinski definition) is 3. The molecular formula is C14H21NO2S. The lowest BCUT2D eigenvalue weighted by Crippen LogP contribution is -2.34. The van der Waals surface area contributed by atoms with Crippen LogP contribution < -0.4 is 5.32 Å². The Morgan fingerprint density at radius 1 is 1.28 bits per heavy atom. The Morgan fingerprint density at radius 2 is 1.94 bits per heavy atom. The summed E-state index contributed by atoms with van der Waals surface area (Å²) >= 11 is 0. The van der Waals surface area contributed by atoms with Gasteiger partial charge in [0.15, 0.2) is 9.84 Å². The first-order valence-electron chi connectivity index (χ1n) is 6.54. The molecule has 100 valence electrons. The minimum Gasteiger partial charge on any atom is -0.309 e. The number of nitrogens with one attached hydrogen (secondary N) is 1. The molecule has 1 aromatic rings. The lowest BCUT2D eigenvalue weighted by Gasteiger charge is -2.24. The topological polar surface area (TPSA) is 46.2 Å². The average molecular weight is 267 g/mol. The molecule has 1 N–H and O–H groups in total. The minimum absolute atomic E-state index is 0.0776. The summed E-state index contributed by atoms with van der Waals surface area (Å²) in [5.74, 6) is 0.472. The van der Waals surface area contributed by atoms with Gasteiger partial charge in [0.05, 0.1) is 11.0 Å². The highest BCUT2D eigenvalue weighted by Gasteiger charge is 2.36. The molecule has 0 aromatic heterocycles. The molecule has 18 heavy (non-hydrogen) atoms. The van der Waals surface area contributed by atoms with Gasteiger partial charge in [0.25, 0.3) is 0 Å². The van der Waals surface area contributed by atoms with Crippen molar-refractivity contribution in [1.29, 1.82) is 0 Å². The van der Waals surface area contributed by atoms with Crippen molar-refractivity contribution in [3.8, 4) is 0 Å². The van der Waals surface area contributed by atoms with E-state index in [9.17, 15) is 8.42 Å². The van der Waals surface area contributed by atoms with Gasteiger partial charge in [-0.25, -0.2) is 8.42 Å². The highest BCUT2D eigenvalue weighted by atomic mass is 32.2. The van der Waals surface area contributed by atoms with Crippen molar-refractivity contribution in [2.24, 2.45) is 5.92 Å². The molecule has 1 fully saturated rings. The van der Waals surface area contributed by atoms with Gasteiger partial charge in [-0.3, -0.25) is 0 Å². The van der Waals surface area contributed by atoms with Gasteiger partial charge in [0.1, 0.15) is 0 Å². The summed E-state index contributed by atoms with van der Waals surface area (Å²) in [6.07, 6.45) is 0.654. The van der Waals surface area contributed by atoms with Gasteiger partial charge < -0.3 is 5.32 Å². The highest BCUT2D eigenvalue weighted by Crippen LogP contribution is 2.28. The van der Waals surface area contributed by atoms with Crippen molar-refractivity contribution in [3.05, 3.63) is 35.9 Å². The van der Waals surface area contributed by atoms with Crippen LogP contribution in [0.25, 0.3) is 0 Å². The van der Waals surface area contributed by atoms with Gasteiger partial charge in [-0.1, -0.05) is 44.2 Å². The molecule has 1 aliphatic heterocycles. The number of hydrogen-bond donors (Lipinski definition) is 1. The smallest absolute Gasteiger partial charge is 0.155 e. The van der Waals surface area contributed by atoms with Crippen molar-refractivity contribution in [2.75, 3.05) is 12.3 Å². The summed E-state index contributed by atoms with van der Waals surface area (Å²) in [6, 6.07) is 9.82. The first-order valence-corrected chi connectivity index (χ1v) is 8.26. The van der Waals surface area contributed by atoms with Crippen molar-refractivity contribution in [3.63, 3.8) is 0 Å². The molecule has 3 nitrogen and oxygen atoms in total. The van der Waals surface area contributed by atoms with Crippen LogP contribution in [0.15, 0.2) is 30.3 Å². The van der Waals surface area contributed by atoms with Crippen LogP contribution in [0.1, 0.15) is 31.9 Å². The molecule has 0 bridgehead atoms. The maximum atomic E-state index is 12.4. The molecular weight excluding hydrogens is 246 g/mol. The van der Waals surface area contributed by atoms with Crippen LogP contribution in [0.4, 0.5) is 0 Å². The summed E-state index contributed by atoms with van der Waals surface area (Å²) < 4.78 is 24.8. The molecule has 0 saturated carbocycles. The molecule has 3 unspecified atom stereocenters. The van der Waals surface area contributed by atoms with Crippen LogP contribution in [0.2, 0.25) is 0 Å². The Hall–Kier alpha value is -0.870. The standard InChI is InChI=1S/C14H21NO2S/c1-3-13-14(12-7-5-4-6-8-12)15-9-11(2)10-18(13,16)17/h4-8,11,13-15H,3,9-10H2,1-2H3. The fourth-order valence-electron chi connectivity index (χ4n) is 2.73. The van der Waals surface area contributed by atoms with E-state index in [4.69, 9.17) is 0 Å². The van der Waals surface area contributed by atoms with E-state index in [1.54, 1.807) is 0 Å². The van der Waals surface area contributed by atoms with E-state index in [1.165, 1.54) is 0 Å². The lowest BCUT2D eigenvalue weighted by molar-refractivity contribution is 0.471. The summed E-state index contributed by atoms with van der Waals surface area (Å²) in [7, 11) is -3.02. The number of benzene rings is 1. The third kappa shape index (κ3) is 2.75. The van der Waals surface area contributed by atoms with Gasteiger partial charge in [0.2, 0.25) is 0 Å². The lowest BCUT2D eigenvalue weighted by atomic mass is 10.0. The molecule has 2 rings (SSSR count). The van der Waals surface area contributed by atoms with Crippen LogP contribution in [-0.4, -0.2) is 26.0 Å². The molecule has 3 atom stereocenters. The SMILES string of the molecule is CCC1C(c2ccccc2)NCC(C)CS1(=O)=O. The van der Waals surface area contributed by atoms with E-state index in [0.29, 0.717) is 12.2 Å². The van der Waals surface area contributed by atoms with Gasteiger partial charge in [0, 0.05) is 6.04 Å². The zero-order valence-corrected chi connectivity index (χ0v) is 11.8. The van der Waals surface area contributed by atoms with E-state index in [1.807, 2.05) is 44.2 Å². The molecule has 4 heteroatoms. The quantitative estimate of drug-likeness (QED) is 0.893. The van der Waals surface area contributed by atoms with E-state index < -0.39 is 9.84 Å². The second kappa shape index (κ2) is 5.41. The van der Waals surface area contributed by atoms with Gasteiger partial charge in [-0.05, 0) is 24.4 Å². The Morgan fingerprint density at radius 3 is 2.56 bits per heavy atom. The van der Waals surface area contributed by atoms with Crippen LogP contribution in [0.3, 0.4) is 0 Å². The molecule has 0 amide bonds. The number of sulfone groups is 1. The number of rotatable bonds is 2.